The van der Waals surface area contributed by atoms with Gasteiger partial charge < -0.3 is 10.1 Å². The lowest BCUT2D eigenvalue weighted by atomic mass is 10.1. The average Bonchev–Trinajstić information content (AvgIpc) is 2.97. The number of benzene rings is 1. The number of amides is 1. The van der Waals surface area contributed by atoms with Gasteiger partial charge in [0.15, 0.2) is 0 Å². The third-order valence-corrected chi connectivity index (χ3v) is 3.93. The molecular formula is C15H15NO3S. The quantitative estimate of drug-likeness (QED) is 0.878. The van der Waals surface area contributed by atoms with Crippen molar-refractivity contribution in [3.8, 4) is 0 Å². The van der Waals surface area contributed by atoms with E-state index in [4.69, 9.17) is 0 Å². The van der Waals surface area contributed by atoms with E-state index in [-0.39, 0.29) is 5.91 Å². The van der Waals surface area contributed by atoms with E-state index < -0.39 is 5.97 Å². The Kier molecular flexibility index (Phi) is 4.53. The Morgan fingerprint density at radius 1 is 1.15 bits per heavy atom. The fraction of sp³-hybridized carbons (Fsp3) is 0.200. The van der Waals surface area contributed by atoms with Crippen LogP contribution in [0.4, 0.5) is 5.69 Å². The zero-order valence-corrected chi connectivity index (χ0v) is 12.1. The van der Waals surface area contributed by atoms with Crippen LogP contribution in [0.1, 0.15) is 31.8 Å². The molecule has 1 amide bonds. The first kappa shape index (κ1) is 14.3. The van der Waals surface area contributed by atoms with Crippen LogP contribution in [0.3, 0.4) is 0 Å². The van der Waals surface area contributed by atoms with Crippen LogP contribution in [0.15, 0.2) is 36.4 Å². The molecule has 1 heterocycles. The molecule has 5 heteroatoms. The van der Waals surface area contributed by atoms with Crippen molar-refractivity contribution >= 4 is 28.9 Å². The van der Waals surface area contributed by atoms with Crippen LogP contribution in [0, 0.1) is 0 Å². The Labute approximate surface area is 121 Å². The first-order valence-corrected chi connectivity index (χ1v) is 7.04. The first-order chi connectivity index (χ1) is 9.65. The van der Waals surface area contributed by atoms with Crippen LogP contribution in [0.2, 0.25) is 0 Å². The topological polar surface area (TPSA) is 55.4 Å². The maximum atomic E-state index is 12.2. The van der Waals surface area contributed by atoms with Gasteiger partial charge in [0.05, 0.1) is 12.0 Å². The first-order valence-electron chi connectivity index (χ1n) is 6.23. The smallest absolute Gasteiger partial charge is 0.348 e. The summed E-state index contributed by atoms with van der Waals surface area (Å²) in [4.78, 5) is 24.4. The van der Waals surface area contributed by atoms with Crippen molar-refractivity contribution in [3.63, 3.8) is 0 Å². The van der Waals surface area contributed by atoms with Gasteiger partial charge in [0.25, 0.3) is 5.91 Å². The van der Waals surface area contributed by atoms with Gasteiger partial charge in [0.1, 0.15) is 4.88 Å². The van der Waals surface area contributed by atoms with Gasteiger partial charge in [0.2, 0.25) is 0 Å². The van der Waals surface area contributed by atoms with Crippen molar-refractivity contribution in [1.82, 2.24) is 0 Å². The molecule has 2 aromatic rings. The molecule has 104 valence electrons. The molecule has 0 saturated heterocycles. The van der Waals surface area contributed by atoms with Crippen LogP contribution in [-0.2, 0) is 11.2 Å². The predicted octanol–water partition coefficient (Wildman–Crippen LogP) is 3.35. The number of para-hydroxylation sites is 1. The third-order valence-electron chi connectivity index (χ3n) is 2.86. The number of anilines is 1. The van der Waals surface area contributed by atoms with Crippen molar-refractivity contribution in [2.75, 3.05) is 12.4 Å². The molecule has 1 aromatic carbocycles. The Hall–Kier alpha value is -2.14. The Balaban J connectivity index is 2.16. The summed E-state index contributed by atoms with van der Waals surface area (Å²) in [5.74, 6) is -0.644. The SMILES string of the molecule is CCc1ccccc1NC(=O)c1ccc(C(=O)OC)s1. The largest absolute Gasteiger partial charge is 0.465 e. The van der Waals surface area contributed by atoms with Gasteiger partial charge in [-0.3, -0.25) is 4.79 Å². The number of rotatable bonds is 4. The van der Waals surface area contributed by atoms with Crippen molar-refractivity contribution < 1.29 is 14.3 Å². The highest BCUT2D eigenvalue weighted by Gasteiger charge is 2.14. The molecule has 0 spiro atoms. The standard InChI is InChI=1S/C15H15NO3S/c1-3-10-6-4-5-7-11(10)16-14(17)12-8-9-13(20-12)15(18)19-2/h4-9H,3H2,1-2H3,(H,16,17). The average molecular weight is 289 g/mol. The number of carbonyl (C=O) groups excluding carboxylic acids is 2. The molecule has 0 saturated carbocycles. The molecule has 0 fully saturated rings. The minimum atomic E-state index is -0.428. The number of hydrogen-bond acceptors (Lipinski definition) is 4. The highest BCUT2D eigenvalue weighted by atomic mass is 32.1. The zero-order valence-electron chi connectivity index (χ0n) is 11.3. The fourth-order valence-electron chi connectivity index (χ4n) is 1.80. The molecule has 0 unspecified atom stereocenters. The third kappa shape index (κ3) is 3.05. The molecule has 0 aliphatic rings. The molecule has 0 aliphatic heterocycles. The number of hydrogen-bond donors (Lipinski definition) is 1. The molecular weight excluding hydrogens is 274 g/mol. The van der Waals surface area contributed by atoms with Crippen LogP contribution in [0.25, 0.3) is 0 Å². The second-order valence-electron chi connectivity index (χ2n) is 4.12. The van der Waals surface area contributed by atoms with Gasteiger partial charge in [-0.1, -0.05) is 25.1 Å². The van der Waals surface area contributed by atoms with E-state index in [0.29, 0.717) is 9.75 Å². The van der Waals surface area contributed by atoms with Gasteiger partial charge in [-0.25, -0.2) is 4.79 Å². The summed E-state index contributed by atoms with van der Waals surface area (Å²) in [7, 11) is 1.32. The minimum Gasteiger partial charge on any atom is -0.465 e. The summed E-state index contributed by atoms with van der Waals surface area (Å²) >= 11 is 1.12. The van der Waals surface area contributed by atoms with Crippen molar-refractivity contribution in [3.05, 3.63) is 51.7 Å². The van der Waals surface area contributed by atoms with Gasteiger partial charge >= 0.3 is 5.97 Å². The summed E-state index contributed by atoms with van der Waals surface area (Å²) in [5, 5.41) is 2.87. The molecule has 0 radical (unpaired) electrons. The lowest BCUT2D eigenvalue weighted by molar-refractivity contribution is 0.0606. The van der Waals surface area contributed by atoms with E-state index in [1.807, 2.05) is 31.2 Å². The molecule has 20 heavy (non-hydrogen) atoms. The predicted molar refractivity (Wildman–Crippen MR) is 79.4 cm³/mol. The Morgan fingerprint density at radius 2 is 1.85 bits per heavy atom. The van der Waals surface area contributed by atoms with Gasteiger partial charge in [-0.15, -0.1) is 11.3 Å². The van der Waals surface area contributed by atoms with Crippen LogP contribution < -0.4 is 5.32 Å². The Bertz CT molecular complexity index is 634. The summed E-state index contributed by atoms with van der Waals surface area (Å²) in [5.41, 5.74) is 1.87. The van der Waals surface area contributed by atoms with Gasteiger partial charge in [0, 0.05) is 5.69 Å². The number of esters is 1. The van der Waals surface area contributed by atoms with Crippen LogP contribution in [0.5, 0.6) is 0 Å². The van der Waals surface area contributed by atoms with Crippen molar-refractivity contribution in [1.29, 1.82) is 0 Å². The molecule has 4 nitrogen and oxygen atoms in total. The van der Waals surface area contributed by atoms with Crippen LogP contribution in [-0.4, -0.2) is 19.0 Å². The maximum absolute atomic E-state index is 12.2. The molecule has 1 N–H and O–H groups in total. The lowest BCUT2D eigenvalue weighted by Gasteiger charge is -2.08. The maximum Gasteiger partial charge on any atom is 0.348 e. The zero-order chi connectivity index (χ0) is 14.5. The van der Waals surface area contributed by atoms with E-state index in [2.05, 4.69) is 10.1 Å². The second-order valence-corrected chi connectivity index (χ2v) is 5.20. The molecule has 1 aromatic heterocycles. The number of nitrogens with one attached hydrogen (secondary N) is 1. The highest BCUT2D eigenvalue weighted by molar-refractivity contribution is 7.16. The van der Waals surface area contributed by atoms with E-state index in [0.717, 1.165) is 29.0 Å². The number of aryl methyl sites for hydroxylation is 1. The van der Waals surface area contributed by atoms with Gasteiger partial charge in [-0.05, 0) is 30.2 Å². The van der Waals surface area contributed by atoms with Crippen molar-refractivity contribution in [2.45, 2.75) is 13.3 Å². The number of methoxy groups -OCH3 is 1. The summed E-state index contributed by atoms with van der Waals surface area (Å²) in [6, 6.07) is 10.9. The highest BCUT2D eigenvalue weighted by Crippen LogP contribution is 2.21. The van der Waals surface area contributed by atoms with Gasteiger partial charge in [-0.2, -0.15) is 0 Å². The number of ether oxygens (including phenoxy) is 1. The van der Waals surface area contributed by atoms with Crippen molar-refractivity contribution in [2.24, 2.45) is 0 Å². The number of carbonyl (C=O) groups is 2. The summed E-state index contributed by atoms with van der Waals surface area (Å²) in [6.45, 7) is 2.03. The number of thiophene rings is 1. The molecule has 0 aliphatic carbocycles. The summed E-state index contributed by atoms with van der Waals surface area (Å²) in [6.07, 6.45) is 0.842. The molecule has 0 atom stereocenters. The fourth-order valence-corrected chi connectivity index (χ4v) is 2.62. The summed E-state index contributed by atoms with van der Waals surface area (Å²) < 4.78 is 4.62. The van der Waals surface area contributed by atoms with Crippen LogP contribution >= 0.6 is 11.3 Å². The van der Waals surface area contributed by atoms with E-state index in [1.54, 1.807) is 12.1 Å². The Morgan fingerprint density at radius 3 is 2.55 bits per heavy atom. The van der Waals surface area contributed by atoms with E-state index in [9.17, 15) is 9.59 Å². The van der Waals surface area contributed by atoms with E-state index >= 15 is 0 Å². The normalized spacial score (nSPS) is 10.1. The minimum absolute atomic E-state index is 0.217. The second kappa shape index (κ2) is 6.34. The lowest BCUT2D eigenvalue weighted by Crippen LogP contribution is -2.11. The van der Waals surface area contributed by atoms with E-state index in [1.165, 1.54) is 7.11 Å². The monoisotopic (exact) mass is 289 g/mol. The molecule has 0 bridgehead atoms. The molecule has 2 rings (SSSR count).